The van der Waals surface area contributed by atoms with Crippen molar-refractivity contribution in [3.8, 4) is 11.3 Å². The van der Waals surface area contributed by atoms with Gasteiger partial charge in [-0.25, -0.2) is 9.97 Å². The minimum atomic E-state index is -0.498. The molecule has 2 heterocycles. The Labute approximate surface area is 149 Å². The number of carbonyl (C=O) groups is 1. The van der Waals surface area contributed by atoms with E-state index in [0.29, 0.717) is 38.3 Å². The lowest BCUT2D eigenvalue weighted by Crippen LogP contribution is -2.40. The fourth-order valence-corrected chi connectivity index (χ4v) is 2.84. The molecule has 3 N–H and O–H groups in total. The summed E-state index contributed by atoms with van der Waals surface area (Å²) in [7, 11) is 0. The van der Waals surface area contributed by atoms with Crippen LogP contribution in [0.15, 0.2) is 36.9 Å². The van der Waals surface area contributed by atoms with Gasteiger partial charge in [0.1, 0.15) is 12.0 Å². The van der Waals surface area contributed by atoms with Crippen molar-refractivity contribution in [2.75, 3.05) is 12.3 Å². The van der Waals surface area contributed by atoms with E-state index < -0.39 is 5.91 Å². The predicted octanol–water partition coefficient (Wildman–Crippen LogP) is 2.31. The van der Waals surface area contributed by atoms with Crippen LogP contribution in [0.1, 0.15) is 23.8 Å². The highest BCUT2D eigenvalue weighted by molar-refractivity contribution is 6.33. The standard InChI is InChI=1S/C17H16ClN5O2/c1-2-6-21-17(24)16-14(19)10-4-3-5-11(12(10)8-23(16)25)15-13(18)7-20-9-22-15/h3-5,7-9H,2,6,19H2,1H3,(H,21,24). The number of nitrogens with one attached hydrogen (secondary N) is 1. The lowest BCUT2D eigenvalue weighted by atomic mass is 10.0. The molecule has 0 spiro atoms. The zero-order valence-electron chi connectivity index (χ0n) is 13.5. The van der Waals surface area contributed by atoms with E-state index in [9.17, 15) is 10.0 Å². The summed E-state index contributed by atoms with van der Waals surface area (Å²) in [6.45, 7) is 2.39. The third kappa shape index (κ3) is 3.06. The van der Waals surface area contributed by atoms with E-state index in [4.69, 9.17) is 17.3 Å². The third-order valence-corrected chi connectivity index (χ3v) is 4.07. The molecule has 0 aliphatic heterocycles. The second-order valence-electron chi connectivity index (χ2n) is 5.46. The number of fused-ring (bicyclic) bond motifs is 1. The summed E-state index contributed by atoms with van der Waals surface area (Å²) in [6, 6.07) is 5.31. The molecule has 0 aliphatic rings. The molecule has 0 aliphatic carbocycles. The van der Waals surface area contributed by atoms with E-state index in [1.807, 2.05) is 6.92 Å². The second-order valence-corrected chi connectivity index (χ2v) is 5.87. The molecular formula is C17H16ClN5O2. The Kier molecular flexibility index (Phi) is 4.67. The maximum atomic E-state index is 12.4. The molecule has 0 radical (unpaired) electrons. The van der Waals surface area contributed by atoms with Gasteiger partial charge in [-0.2, -0.15) is 4.73 Å². The number of amides is 1. The molecule has 7 nitrogen and oxygen atoms in total. The first-order valence-corrected chi connectivity index (χ1v) is 8.10. The number of anilines is 1. The smallest absolute Gasteiger partial charge is 0.319 e. The van der Waals surface area contributed by atoms with Gasteiger partial charge in [0.25, 0.3) is 0 Å². The number of hydrogen-bond donors (Lipinski definition) is 2. The molecule has 3 rings (SSSR count). The van der Waals surface area contributed by atoms with Crippen LogP contribution in [0, 0.1) is 5.21 Å². The Morgan fingerprint density at radius 3 is 2.92 bits per heavy atom. The van der Waals surface area contributed by atoms with Crippen LogP contribution < -0.4 is 15.8 Å². The van der Waals surface area contributed by atoms with Crippen LogP contribution in [0.5, 0.6) is 0 Å². The molecule has 8 heteroatoms. The lowest BCUT2D eigenvalue weighted by molar-refractivity contribution is -0.605. The van der Waals surface area contributed by atoms with Gasteiger partial charge in [0.15, 0.2) is 6.20 Å². The van der Waals surface area contributed by atoms with E-state index in [1.165, 1.54) is 18.7 Å². The Morgan fingerprint density at radius 1 is 1.40 bits per heavy atom. The Hall–Kier alpha value is -2.93. The number of hydrogen-bond acceptors (Lipinski definition) is 5. The Balaban J connectivity index is 2.22. The van der Waals surface area contributed by atoms with Gasteiger partial charge < -0.3 is 16.3 Å². The van der Waals surface area contributed by atoms with Crippen molar-refractivity contribution in [3.05, 3.63) is 52.8 Å². The van der Waals surface area contributed by atoms with Gasteiger partial charge in [-0.05, 0) is 6.42 Å². The van der Waals surface area contributed by atoms with Crippen molar-refractivity contribution in [2.45, 2.75) is 13.3 Å². The number of nitrogen functional groups attached to an aromatic ring is 1. The van der Waals surface area contributed by atoms with Crippen LogP contribution in [0.4, 0.5) is 5.69 Å². The topological polar surface area (TPSA) is 108 Å². The molecule has 1 amide bonds. The number of aromatic nitrogens is 3. The van der Waals surface area contributed by atoms with E-state index in [1.54, 1.807) is 18.2 Å². The summed E-state index contributed by atoms with van der Waals surface area (Å²) < 4.78 is 0.487. The Morgan fingerprint density at radius 2 is 2.20 bits per heavy atom. The molecule has 0 saturated heterocycles. The molecule has 0 saturated carbocycles. The van der Waals surface area contributed by atoms with Crippen molar-refractivity contribution in [1.29, 1.82) is 0 Å². The quantitative estimate of drug-likeness (QED) is 0.550. The summed E-state index contributed by atoms with van der Waals surface area (Å²) in [6.07, 6.45) is 4.93. The maximum absolute atomic E-state index is 12.4. The minimum absolute atomic E-state index is 0.119. The van der Waals surface area contributed by atoms with Gasteiger partial charge in [-0.3, -0.25) is 4.79 Å². The van der Waals surface area contributed by atoms with Crippen LogP contribution in [0.2, 0.25) is 5.02 Å². The molecule has 128 valence electrons. The van der Waals surface area contributed by atoms with Crippen molar-refractivity contribution >= 4 is 34.0 Å². The zero-order chi connectivity index (χ0) is 18.0. The van der Waals surface area contributed by atoms with Crippen LogP contribution in [-0.4, -0.2) is 22.4 Å². The minimum Gasteiger partial charge on any atom is -0.618 e. The lowest BCUT2D eigenvalue weighted by Gasteiger charge is -2.12. The molecule has 25 heavy (non-hydrogen) atoms. The summed E-state index contributed by atoms with van der Waals surface area (Å²) in [4.78, 5) is 20.3. The van der Waals surface area contributed by atoms with Crippen LogP contribution in [0.3, 0.4) is 0 Å². The fourth-order valence-electron chi connectivity index (χ4n) is 2.63. The van der Waals surface area contributed by atoms with Crippen molar-refractivity contribution in [1.82, 2.24) is 15.3 Å². The molecule has 0 atom stereocenters. The first-order chi connectivity index (χ1) is 12.0. The average Bonchev–Trinajstić information content (AvgIpc) is 2.60. The highest BCUT2D eigenvalue weighted by atomic mass is 35.5. The van der Waals surface area contributed by atoms with Crippen LogP contribution >= 0.6 is 11.6 Å². The number of halogens is 1. The number of nitrogens with two attached hydrogens (primary N) is 1. The first kappa shape index (κ1) is 16.9. The van der Waals surface area contributed by atoms with E-state index >= 15 is 0 Å². The van der Waals surface area contributed by atoms with Gasteiger partial charge in [-0.1, -0.05) is 36.7 Å². The second kappa shape index (κ2) is 6.90. The first-order valence-electron chi connectivity index (χ1n) is 7.73. The number of pyridine rings is 1. The zero-order valence-corrected chi connectivity index (χ0v) is 14.2. The van der Waals surface area contributed by atoms with E-state index in [0.717, 1.165) is 6.42 Å². The summed E-state index contributed by atoms with van der Waals surface area (Å²) in [5, 5.41) is 16.6. The summed E-state index contributed by atoms with van der Waals surface area (Å²) in [5.74, 6) is -0.498. The van der Waals surface area contributed by atoms with Crippen LogP contribution in [-0.2, 0) is 0 Å². The van der Waals surface area contributed by atoms with E-state index in [-0.39, 0.29) is 11.4 Å². The molecule has 1 aromatic carbocycles. The average molecular weight is 358 g/mol. The monoisotopic (exact) mass is 357 g/mol. The largest absolute Gasteiger partial charge is 0.618 e. The van der Waals surface area contributed by atoms with Gasteiger partial charge in [0.2, 0.25) is 0 Å². The number of rotatable bonds is 4. The van der Waals surface area contributed by atoms with Gasteiger partial charge in [-0.15, -0.1) is 0 Å². The summed E-state index contributed by atoms with van der Waals surface area (Å²) >= 11 is 6.17. The molecule has 2 aromatic heterocycles. The van der Waals surface area contributed by atoms with Gasteiger partial charge in [0, 0.05) is 23.7 Å². The fraction of sp³-hybridized carbons (Fsp3) is 0.176. The predicted molar refractivity (Wildman–Crippen MR) is 96.0 cm³/mol. The normalized spacial score (nSPS) is 10.8. The molecular weight excluding hydrogens is 342 g/mol. The summed E-state index contributed by atoms with van der Waals surface area (Å²) in [5.41, 5.74) is 7.26. The maximum Gasteiger partial charge on any atom is 0.319 e. The van der Waals surface area contributed by atoms with Gasteiger partial charge >= 0.3 is 11.6 Å². The Bertz CT molecular complexity index is 961. The number of carbonyl (C=O) groups excluding carboxylic acids is 1. The highest BCUT2D eigenvalue weighted by Crippen LogP contribution is 2.33. The number of nitrogens with zero attached hydrogens (tertiary/aromatic N) is 3. The van der Waals surface area contributed by atoms with Crippen molar-refractivity contribution in [3.63, 3.8) is 0 Å². The molecule has 0 fully saturated rings. The molecule has 0 bridgehead atoms. The SMILES string of the molecule is CCCNC(=O)c1c(N)c2cccc(-c3ncncc3Cl)c2c[n+]1[O-]. The van der Waals surface area contributed by atoms with E-state index in [2.05, 4.69) is 15.3 Å². The third-order valence-electron chi connectivity index (χ3n) is 3.79. The van der Waals surface area contributed by atoms with Crippen molar-refractivity contribution < 1.29 is 9.52 Å². The molecule has 3 aromatic rings. The van der Waals surface area contributed by atoms with Crippen molar-refractivity contribution in [2.24, 2.45) is 0 Å². The number of benzene rings is 1. The van der Waals surface area contributed by atoms with Crippen LogP contribution in [0.25, 0.3) is 22.0 Å². The molecule has 0 unspecified atom stereocenters. The highest BCUT2D eigenvalue weighted by Gasteiger charge is 2.24. The van der Waals surface area contributed by atoms with Gasteiger partial charge in [0.05, 0.1) is 16.1 Å².